The van der Waals surface area contributed by atoms with Gasteiger partial charge in [0.25, 0.3) is 5.56 Å². The van der Waals surface area contributed by atoms with Gasteiger partial charge in [-0.25, -0.2) is 0 Å². The number of nitrogens with two attached hydrogens (primary N) is 1. The Hall–Kier alpha value is -2.65. The van der Waals surface area contributed by atoms with Crippen molar-refractivity contribution in [2.75, 3.05) is 20.8 Å². The number of aromatic amines is 1. The van der Waals surface area contributed by atoms with Crippen molar-refractivity contribution in [3.8, 4) is 22.8 Å². The third-order valence-electron chi connectivity index (χ3n) is 4.37. The molecule has 0 saturated carbocycles. The van der Waals surface area contributed by atoms with Crippen LogP contribution < -0.4 is 26.1 Å². The molecule has 8 nitrogen and oxygen atoms in total. The second kappa shape index (κ2) is 9.52. The summed E-state index contributed by atoms with van der Waals surface area (Å²) in [5.41, 5.74) is 6.81. The number of aromatic nitrogens is 2. The lowest BCUT2D eigenvalue weighted by molar-refractivity contribution is -0.123. The van der Waals surface area contributed by atoms with Crippen molar-refractivity contribution in [1.29, 1.82) is 0 Å². The van der Waals surface area contributed by atoms with Crippen LogP contribution in [-0.4, -0.2) is 42.3 Å². The van der Waals surface area contributed by atoms with Crippen LogP contribution >= 0.6 is 12.2 Å². The van der Waals surface area contributed by atoms with Crippen molar-refractivity contribution < 1.29 is 14.3 Å². The molecule has 4 N–H and O–H groups in total. The van der Waals surface area contributed by atoms with Crippen LogP contribution in [0.25, 0.3) is 11.3 Å². The average Bonchev–Trinajstić information content (AvgIpc) is 2.67. The van der Waals surface area contributed by atoms with Crippen molar-refractivity contribution in [1.82, 2.24) is 14.9 Å². The van der Waals surface area contributed by atoms with Crippen LogP contribution in [0.5, 0.6) is 11.5 Å². The zero-order valence-corrected chi connectivity index (χ0v) is 17.3. The first kappa shape index (κ1) is 21.6. The lowest BCUT2D eigenvalue weighted by atomic mass is 10.1. The summed E-state index contributed by atoms with van der Waals surface area (Å²) in [7, 11) is 3.10. The van der Waals surface area contributed by atoms with Gasteiger partial charge in [-0.05, 0) is 30.3 Å². The van der Waals surface area contributed by atoms with E-state index in [0.717, 1.165) is 0 Å². The van der Waals surface area contributed by atoms with Gasteiger partial charge in [0.1, 0.15) is 11.5 Å². The maximum Gasteiger partial charge on any atom is 0.252 e. The minimum absolute atomic E-state index is 0.0365. The Labute approximate surface area is 168 Å². The number of methoxy groups -OCH3 is 2. The number of H-pyrrole nitrogens is 1. The predicted molar refractivity (Wildman–Crippen MR) is 110 cm³/mol. The second-order valence-electron chi connectivity index (χ2n) is 6.60. The quantitative estimate of drug-likeness (QED) is 0.575. The highest BCUT2D eigenvalue weighted by Gasteiger charge is 2.17. The Bertz CT molecular complexity index is 952. The molecule has 0 radical (unpaired) electrons. The molecule has 0 aliphatic heterocycles. The van der Waals surface area contributed by atoms with Gasteiger partial charge in [-0.2, -0.15) is 0 Å². The Morgan fingerprint density at radius 1 is 1.29 bits per heavy atom. The van der Waals surface area contributed by atoms with Gasteiger partial charge in [0.15, 0.2) is 4.77 Å². The number of carbonyl (C=O) groups excluding carboxylic acids is 1. The van der Waals surface area contributed by atoms with E-state index in [1.54, 1.807) is 29.9 Å². The number of amides is 1. The largest absolute Gasteiger partial charge is 0.497 e. The monoisotopic (exact) mass is 406 g/mol. The summed E-state index contributed by atoms with van der Waals surface area (Å²) in [6, 6.07) is 6.17. The van der Waals surface area contributed by atoms with Crippen LogP contribution in [0, 0.1) is 10.7 Å². The first-order valence-corrected chi connectivity index (χ1v) is 9.29. The Morgan fingerprint density at radius 2 is 2.00 bits per heavy atom. The molecule has 0 saturated heterocycles. The number of rotatable bonds is 8. The molecule has 0 unspecified atom stereocenters. The van der Waals surface area contributed by atoms with Crippen LogP contribution in [-0.2, 0) is 11.3 Å². The molecule has 1 heterocycles. The van der Waals surface area contributed by atoms with Gasteiger partial charge in [0.2, 0.25) is 5.91 Å². The summed E-state index contributed by atoms with van der Waals surface area (Å²) >= 11 is 5.33. The lowest BCUT2D eigenvalue weighted by Gasteiger charge is -2.18. The van der Waals surface area contributed by atoms with Crippen molar-refractivity contribution in [2.24, 2.45) is 11.7 Å². The molecule has 1 aromatic carbocycles. The molecule has 0 aliphatic rings. The molecule has 0 spiro atoms. The molecule has 1 atom stereocenters. The van der Waals surface area contributed by atoms with E-state index in [1.807, 2.05) is 13.8 Å². The summed E-state index contributed by atoms with van der Waals surface area (Å²) < 4.78 is 12.7. The molecule has 152 valence electrons. The summed E-state index contributed by atoms with van der Waals surface area (Å²) in [5.74, 6) is 0.980. The Morgan fingerprint density at radius 3 is 2.61 bits per heavy atom. The van der Waals surface area contributed by atoms with E-state index in [9.17, 15) is 9.59 Å². The zero-order valence-electron chi connectivity index (χ0n) is 16.4. The molecule has 2 rings (SSSR count). The van der Waals surface area contributed by atoms with Crippen LogP contribution in [0.15, 0.2) is 29.1 Å². The molecule has 0 bridgehead atoms. The van der Waals surface area contributed by atoms with E-state index in [1.165, 1.54) is 13.2 Å². The van der Waals surface area contributed by atoms with Gasteiger partial charge < -0.3 is 25.1 Å². The van der Waals surface area contributed by atoms with Gasteiger partial charge in [-0.3, -0.25) is 14.6 Å². The van der Waals surface area contributed by atoms with Gasteiger partial charge >= 0.3 is 0 Å². The molecule has 0 fully saturated rings. The van der Waals surface area contributed by atoms with E-state index >= 15 is 0 Å². The molecule has 1 amide bonds. The van der Waals surface area contributed by atoms with E-state index in [2.05, 4.69) is 10.3 Å². The number of ether oxygens (including phenoxy) is 2. The standard InChI is InChI=1S/C19H26N4O4S/c1-11(2)17(20)18(25)21-7-8-23-14(10-16(24)22-19(23)28)13-6-5-12(26-3)9-15(13)27-4/h5-6,9-11,17H,7-8,20H2,1-4H3,(H,21,25)(H,22,24,28)/t17-/m0/s1. The smallest absolute Gasteiger partial charge is 0.252 e. The predicted octanol–water partition coefficient (Wildman–Crippen LogP) is 1.69. The number of nitrogens with zero attached hydrogens (tertiary/aromatic N) is 1. The highest BCUT2D eigenvalue weighted by atomic mass is 32.1. The van der Waals surface area contributed by atoms with Crippen LogP contribution in [0.2, 0.25) is 0 Å². The fraction of sp³-hybridized carbons (Fsp3) is 0.421. The molecular weight excluding hydrogens is 380 g/mol. The second-order valence-corrected chi connectivity index (χ2v) is 6.99. The zero-order chi connectivity index (χ0) is 20.8. The SMILES string of the molecule is COc1ccc(-c2cc(=O)[nH]c(=S)n2CCNC(=O)[C@@H](N)C(C)C)c(OC)c1. The normalized spacial score (nSPS) is 11.9. The average molecular weight is 407 g/mol. The number of benzene rings is 1. The first-order valence-electron chi connectivity index (χ1n) is 8.88. The third-order valence-corrected chi connectivity index (χ3v) is 4.70. The molecule has 28 heavy (non-hydrogen) atoms. The van der Waals surface area contributed by atoms with Crippen molar-refractivity contribution in [3.63, 3.8) is 0 Å². The van der Waals surface area contributed by atoms with Crippen LogP contribution in [0.3, 0.4) is 0 Å². The number of hydrogen-bond donors (Lipinski definition) is 3. The summed E-state index contributed by atoms with van der Waals surface area (Å²) in [6.07, 6.45) is 0. The molecule has 0 aliphatic carbocycles. The van der Waals surface area contributed by atoms with E-state index in [4.69, 9.17) is 27.4 Å². The van der Waals surface area contributed by atoms with Gasteiger partial charge in [0.05, 0.1) is 26.0 Å². The highest BCUT2D eigenvalue weighted by Crippen LogP contribution is 2.32. The topological polar surface area (TPSA) is 111 Å². The number of carbonyl (C=O) groups is 1. The summed E-state index contributed by atoms with van der Waals surface area (Å²) in [4.78, 5) is 26.7. The minimum atomic E-state index is -0.579. The van der Waals surface area contributed by atoms with Crippen LogP contribution in [0.1, 0.15) is 13.8 Å². The van der Waals surface area contributed by atoms with Gasteiger partial charge in [-0.1, -0.05) is 13.8 Å². The van der Waals surface area contributed by atoms with Crippen LogP contribution in [0.4, 0.5) is 0 Å². The Kier molecular flexibility index (Phi) is 7.36. The molecule has 9 heteroatoms. The maximum atomic E-state index is 12.1. The third kappa shape index (κ3) is 4.99. The van der Waals surface area contributed by atoms with E-state index in [0.29, 0.717) is 35.8 Å². The van der Waals surface area contributed by atoms with Gasteiger partial charge in [-0.15, -0.1) is 0 Å². The fourth-order valence-electron chi connectivity index (χ4n) is 2.69. The number of nitrogens with one attached hydrogen (secondary N) is 2. The number of hydrogen-bond acceptors (Lipinski definition) is 6. The summed E-state index contributed by atoms with van der Waals surface area (Å²) in [5, 5.41) is 2.81. The molecule has 1 aromatic heterocycles. The highest BCUT2D eigenvalue weighted by molar-refractivity contribution is 7.71. The minimum Gasteiger partial charge on any atom is -0.497 e. The van der Waals surface area contributed by atoms with Gasteiger partial charge in [0, 0.05) is 30.8 Å². The Balaban J connectivity index is 2.36. The maximum absolute atomic E-state index is 12.1. The first-order chi connectivity index (χ1) is 13.3. The van der Waals surface area contributed by atoms with E-state index < -0.39 is 6.04 Å². The van der Waals surface area contributed by atoms with Crippen molar-refractivity contribution in [2.45, 2.75) is 26.4 Å². The lowest BCUT2D eigenvalue weighted by Crippen LogP contribution is -2.44. The summed E-state index contributed by atoms with van der Waals surface area (Å²) in [6.45, 7) is 4.44. The van der Waals surface area contributed by atoms with E-state index in [-0.39, 0.29) is 22.2 Å². The fourth-order valence-corrected chi connectivity index (χ4v) is 2.98. The van der Waals surface area contributed by atoms with Crippen molar-refractivity contribution in [3.05, 3.63) is 39.4 Å². The molecular formula is C19H26N4O4S. The van der Waals surface area contributed by atoms with Crippen molar-refractivity contribution >= 4 is 18.1 Å². The molecule has 2 aromatic rings.